The summed E-state index contributed by atoms with van der Waals surface area (Å²) in [6, 6.07) is 23.3. The molecular weight excluding hydrogens is 386 g/mol. The highest BCUT2D eigenvalue weighted by atomic mass is 35.5. The van der Waals surface area contributed by atoms with Crippen molar-refractivity contribution in [2.45, 2.75) is 18.9 Å². The van der Waals surface area contributed by atoms with Crippen LogP contribution in [0.4, 0.5) is 0 Å². The van der Waals surface area contributed by atoms with Gasteiger partial charge in [-0.15, -0.1) is 0 Å². The number of carbonyl (C=O) groups is 1. The molecule has 0 saturated heterocycles. The van der Waals surface area contributed by atoms with E-state index in [4.69, 9.17) is 21.1 Å². The highest BCUT2D eigenvalue weighted by molar-refractivity contribution is 6.32. The summed E-state index contributed by atoms with van der Waals surface area (Å²) in [6.45, 7) is 1.14. The summed E-state index contributed by atoms with van der Waals surface area (Å²) in [4.78, 5) is 12.9. The number of amides is 1. The van der Waals surface area contributed by atoms with Gasteiger partial charge < -0.3 is 14.8 Å². The Morgan fingerprint density at radius 3 is 2.21 bits per heavy atom. The molecule has 0 saturated carbocycles. The highest BCUT2D eigenvalue weighted by Crippen LogP contribution is 2.38. The molecule has 1 aliphatic heterocycles. The number of carbonyl (C=O) groups excluding carboxylic acids is 1. The van der Waals surface area contributed by atoms with Crippen LogP contribution in [0.2, 0.25) is 5.02 Å². The van der Waals surface area contributed by atoms with Gasteiger partial charge in [0.15, 0.2) is 11.5 Å². The second-order valence-corrected chi connectivity index (χ2v) is 7.36. The van der Waals surface area contributed by atoms with Crippen LogP contribution in [0.3, 0.4) is 0 Å². The number of fused-ring (bicyclic) bond motifs is 1. The monoisotopic (exact) mass is 407 g/mol. The van der Waals surface area contributed by atoms with E-state index < -0.39 is 0 Å². The molecule has 4 rings (SSSR count). The SMILES string of the molecule is O=C(Cc1cc(Cl)c2c(c1)OCCCO2)NC(c1ccccc1)c1ccccc1. The molecule has 29 heavy (non-hydrogen) atoms. The molecule has 1 heterocycles. The Morgan fingerprint density at radius 2 is 1.55 bits per heavy atom. The number of rotatable bonds is 5. The van der Waals surface area contributed by atoms with Crippen LogP contribution in [0.5, 0.6) is 11.5 Å². The van der Waals surface area contributed by atoms with E-state index in [1.807, 2.05) is 66.7 Å². The maximum absolute atomic E-state index is 12.9. The first-order valence-corrected chi connectivity index (χ1v) is 10.1. The highest BCUT2D eigenvalue weighted by Gasteiger charge is 2.19. The zero-order valence-corrected chi connectivity index (χ0v) is 16.7. The topological polar surface area (TPSA) is 47.6 Å². The standard InChI is InChI=1S/C24H22ClNO3/c25-20-14-17(15-21-24(20)29-13-7-12-28-21)16-22(27)26-23(18-8-3-1-4-9-18)19-10-5-2-6-11-19/h1-6,8-11,14-15,23H,7,12-13,16H2,(H,26,27). The molecule has 0 unspecified atom stereocenters. The van der Waals surface area contributed by atoms with E-state index in [1.54, 1.807) is 6.07 Å². The summed E-state index contributed by atoms with van der Waals surface area (Å²) in [5.74, 6) is 1.06. The Bertz CT molecular complexity index is 937. The molecule has 0 atom stereocenters. The average molecular weight is 408 g/mol. The van der Waals surface area contributed by atoms with Gasteiger partial charge in [-0.1, -0.05) is 72.3 Å². The number of benzene rings is 3. The van der Waals surface area contributed by atoms with Gasteiger partial charge >= 0.3 is 0 Å². The molecular formula is C24H22ClNO3. The van der Waals surface area contributed by atoms with E-state index in [0.29, 0.717) is 29.7 Å². The van der Waals surface area contributed by atoms with Crippen LogP contribution < -0.4 is 14.8 Å². The lowest BCUT2D eigenvalue weighted by Crippen LogP contribution is -2.30. The minimum absolute atomic E-state index is 0.0896. The van der Waals surface area contributed by atoms with E-state index in [-0.39, 0.29) is 18.4 Å². The van der Waals surface area contributed by atoms with Crippen molar-refractivity contribution in [2.75, 3.05) is 13.2 Å². The molecule has 3 aromatic carbocycles. The van der Waals surface area contributed by atoms with Crippen LogP contribution in [0.1, 0.15) is 29.2 Å². The van der Waals surface area contributed by atoms with Gasteiger partial charge in [-0.2, -0.15) is 0 Å². The molecule has 148 valence electrons. The fourth-order valence-electron chi connectivity index (χ4n) is 3.43. The van der Waals surface area contributed by atoms with E-state index in [0.717, 1.165) is 23.1 Å². The van der Waals surface area contributed by atoms with Crippen LogP contribution >= 0.6 is 11.6 Å². The van der Waals surface area contributed by atoms with E-state index >= 15 is 0 Å². The lowest BCUT2D eigenvalue weighted by molar-refractivity contribution is -0.120. The first-order chi connectivity index (χ1) is 14.2. The summed E-state index contributed by atoms with van der Waals surface area (Å²) in [7, 11) is 0. The molecule has 1 amide bonds. The molecule has 0 spiro atoms. The van der Waals surface area contributed by atoms with Crippen molar-refractivity contribution in [3.63, 3.8) is 0 Å². The van der Waals surface area contributed by atoms with Crippen molar-refractivity contribution >= 4 is 17.5 Å². The molecule has 0 radical (unpaired) electrons. The Hall–Kier alpha value is -2.98. The molecule has 0 bridgehead atoms. The smallest absolute Gasteiger partial charge is 0.225 e. The summed E-state index contributed by atoms with van der Waals surface area (Å²) in [5.41, 5.74) is 2.85. The third-order valence-electron chi connectivity index (χ3n) is 4.80. The number of hydrogen-bond acceptors (Lipinski definition) is 3. The molecule has 1 N–H and O–H groups in total. The molecule has 0 fully saturated rings. The van der Waals surface area contributed by atoms with Gasteiger partial charge in [0.25, 0.3) is 0 Å². The summed E-state index contributed by atoms with van der Waals surface area (Å²) >= 11 is 6.36. The maximum Gasteiger partial charge on any atom is 0.225 e. The first-order valence-electron chi connectivity index (χ1n) is 9.68. The van der Waals surface area contributed by atoms with Crippen LogP contribution in [-0.2, 0) is 11.2 Å². The van der Waals surface area contributed by atoms with Gasteiger partial charge in [0.05, 0.1) is 30.7 Å². The normalized spacial score (nSPS) is 13.0. The van der Waals surface area contributed by atoms with Gasteiger partial charge in [0, 0.05) is 6.42 Å². The largest absolute Gasteiger partial charge is 0.489 e. The quantitative estimate of drug-likeness (QED) is 0.651. The van der Waals surface area contributed by atoms with Gasteiger partial charge in [-0.05, 0) is 28.8 Å². The Kier molecular flexibility index (Phi) is 6.01. The predicted octanol–water partition coefficient (Wildman–Crippen LogP) is 4.95. The number of halogens is 1. The average Bonchev–Trinajstić information content (AvgIpc) is 2.99. The Balaban J connectivity index is 1.54. The van der Waals surface area contributed by atoms with Crippen molar-refractivity contribution in [3.05, 3.63) is 94.5 Å². The lowest BCUT2D eigenvalue weighted by atomic mass is 9.98. The van der Waals surface area contributed by atoms with Crippen LogP contribution in [0, 0.1) is 0 Å². The molecule has 5 heteroatoms. The van der Waals surface area contributed by atoms with Gasteiger partial charge in [0.1, 0.15) is 0 Å². The van der Waals surface area contributed by atoms with E-state index in [9.17, 15) is 4.79 Å². The minimum atomic E-state index is -0.221. The second kappa shape index (κ2) is 9.01. The Morgan fingerprint density at radius 1 is 0.931 bits per heavy atom. The summed E-state index contributed by atoms with van der Waals surface area (Å²) < 4.78 is 11.4. The third kappa shape index (κ3) is 4.72. The lowest BCUT2D eigenvalue weighted by Gasteiger charge is -2.20. The number of hydrogen-bond donors (Lipinski definition) is 1. The van der Waals surface area contributed by atoms with Gasteiger partial charge in [-0.25, -0.2) is 0 Å². The van der Waals surface area contributed by atoms with Crippen LogP contribution in [-0.4, -0.2) is 19.1 Å². The van der Waals surface area contributed by atoms with Crippen molar-refractivity contribution < 1.29 is 14.3 Å². The van der Waals surface area contributed by atoms with Crippen LogP contribution in [0.25, 0.3) is 0 Å². The van der Waals surface area contributed by atoms with Crippen molar-refractivity contribution in [3.8, 4) is 11.5 Å². The molecule has 0 aromatic heterocycles. The Labute approximate surface area is 175 Å². The van der Waals surface area contributed by atoms with Crippen molar-refractivity contribution in [2.24, 2.45) is 0 Å². The van der Waals surface area contributed by atoms with Crippen LogP contribution in [0.15, 0.2) is 72.8 Å². The third-order valence-corrected chi connectivity index (χ3v) is 5.08. The van der Waals surface area contributed by atoms with Gasteiger partial charge in [0.2, 0.25) is 5.91 Å². The van der Waals surface area contributed by atoms with E-state index in [2.05, 4.69) is 5.32 Å². The zero-order chi connectivity index (χ0) is 20.1. The fourth-order valence-corrected chi connectivity index (χ4v) is 3.72. The minimum Gasteiger partial charge on any atom is -0.489 e. The zero-order valence-electron chi connectivity index (χ0n) is 15.9. The fraction of sp³-hybridized carbons (Fsp3) is 0.208. The summed E-state index contributed by atoms with van der Waals surface area (Å²) in [5, 5.41) is 3.62. The number of nitrogens with one attached hydrogen (secondary N) is 1. The molecule has 1 aliphatic rings. The first kappa shape index (κ1) is 19.3. The van der Waals surface area contributed by atoms with Crippen molar-refractivity contribution in [1.82, 2.24) is 5.32 Å². The second-order valence-electron chi connectivity index (χ2n) is 6.95. The molecule has 4 nitrogen and oxygen atoms in total. The molecule has 0 aliphatic carbocycles. The molecule has 3 aromatic rings. The van der Waals surface area contributed by atoms with Crippen molar-refractivity contribution in [1.29, 1.82) is 0 Å². The van der Waals surface area contributed by atoms with Gasteiger partial charge in [-0.3, -0.25) is 4.79 Å². The van der Waals surface area contributed by atoms with E-state index in [1.165, 1.54) is 0 Å². The predicted molar refractivity (Wildman–Crippen MR) is 114 cm³/mol. The maximum atomic E-state index is 12.9. The summed E-state index contributed by atoms with van der Waals surface area (Å²) in [6.07, 6.45) is 1.00. The number of ether oxygens (including phenoxy) is 2.